The minimum Gasteiger partial charge on any atom is -0.493 e. The number of esters is 1. The van der Waals surface area contributed by atoms with Crippen molar-refractivity contribution in [2.45, 2.75) is 51.4 Å². The van der Waals surface area contributed by atoms with Gasteiger partial charge in [0.05, 0.1) is 13.2 Å². The quantitative estimate of drug-likeness (QED) is 0.302. The Balaban J connectivity index is 1.95. The van der Waals surface area contributed by atoms with Crippen LogP contribution in [0, 0.1) is 0 Å². The highest BCUT2D eigenvalue weighted by Gasteiger charge is 2.09. The summed E-state index contributed by atoms with van der Waals surface area (Å²) in [6.45, 7) is 4.36. The summed E-state index contributed by atoms with van der Waals surface area (Å²) in [7, 11) is 0. The van der Waals surface area contributed by atoms with E-state index in [1.54, 1.807) is 24.3 Å². The maximum Gasteiger partial charge on any atom is 0.339 e. The standard InChI is InChI=1S/C20H28O5/c1-2-19(21)25-16-12-8-6-4-3-5-7-11-15-24-18-14-10-9-13-17(18)20(22)23/h2,9-10,13-14H,1,3-8,11-12,15-16H2,(H,22,23). The lowest BCUT2D eigenvalue weighted by Gasteiger charge is -2.08. The van der Waals surface area contributed by atoms with Crippen LogP contribution in [0.1, 0.15) is 61.7 Å². The number of hydrogen-bond donors (Lipinski definition) is 1. The van der Waals surface area contributed by atoms with Crippen molar-refractivity contribution in [1.29, 1.82) is 0 Å². The third-order valence-corrected chi connectivity index (χ3v) is 3.82. The SMILES string of the molecule is C=CC(=O)OCCCCCCCCCCOc1ccccc1C(=O)O. The van der Waals surface area contributed by atoms with E-state index in [0.717, 1.165) is 38.5 Å². The molecule has 0 aromatic heterocycles. The van der Waals surface area contributed by atoms with Crippen molar-refractivity contribution < 1.29 is 24.2 Å². The van der Waals surface area contributed by atoms with Crippen LogP contribution in [0.2, 0.25) is 0 Å². The molecule has 1 N–H and O–H groups in total. The van der Waals surface area contributed by atoms with Gasteiger partial charge in [0.1, 0.15) is 11.3 Å². The van der Waals surface area contributed by atoms with E-state index < -0.39 is 5.97 Å². The average molecular weight is 348 g/mol. The first-order chi connectivity index (χ1) is 12.1. The zero-order chi connectivity index (χ0) is 18.3. The lowest BCUT2D eigenvalue weighted by atomic mass is 10.1. The molecule has 0 amide bonds. The number of hydrogen-bond acceptors (Lipinski definition) is 4. The van der Waals surface area contributed by atoms with Crippen LogP contribution in [0.25, 0.3) is 0 Å². The number of carbonyl (C=O) groups excluding carboxylic acids is 1. The molecular formula is C20H28O5. The summed E-state index contributed by atoms with van der Waals surface area (Å²) >= 11 is 0. The molecule has 1 aromatic carbocycles. The van der Waals surface area contributed by atoms with Gasteiger partial charge in [-0.3, -0.25) is 0 Å². The number of aromatic carboxylic acids is 1. The minimum atomic E-state index is -0.963. The molecule has 0 aliphatic carbocycles. The second-order valence-corrected chi connectivity index (χ2v) is 5.85. The molecule has 1 aromatic rings. The second kappa shape index (κ2) is 13.0. The van der Waals surface area contributed by atoms with Gasteiger partial charge in [0.25, 0.3) is 0 Å². The summed E-state index contributed by atoms with van der Waals surface area (Å²) in [6.07, 6.45) is 9.80. The summed E-state index contributed by atoms with van der Waals surface area (Å²) in [4.78, 5) is 21.9. The number of ether oxygens (including phenoxy) is 2. The van der Waals surface area contributed by atoms with E-state index in [1.165, 1.54) is 18.9 Å². The number of unbranched alkanes of at least 4 members (excludes halogenated alkanes) is 7. The van der Waals surface area contributed by atoms with Gasteiger partial charge in [0.15, 0.2) is 0 Å². The van der Waals surface area contributed by atoms with Crippen LogP contribution >= 0.6 is 0 Å². The first-order valence-corrected chi connectivity index (χ1v) is 8.89. The minimum absolute atomic E-state index is 0.210. The predicted molar refractivity (Wildman–Crippen MR) is 97.0 cm³/mol. The van der Waals surface area contributed by atoms with Gasteiger partial charge < -0.3 is 14.6 Å². The monoisotopic (exact) mass is 348 g/mol. The van der Waals surface area contributed by atoms with Crippen LogP contribution in [0.3, 0.4) is 0 Å². The highest BCUT2D eigenvalue weighted by atomic mass is 16.5. The summed E-state index contributed by atoms with van der Waals surface area (Å²) in [5.74, 6) is -0.879. The molecule has 1 rings (SSSR count). The van der Waals surface area contributed by atoms with Crippen molar-refractivity contribution in [3.63, 3.8) is 0 Å². The predicted octanol–water partition coefficient (Wildman–Crippen LogP) is 4.61. The van der Waals surface area contributed by atoms with Crippen molar-refractivity contribution in [3.05, 3.63) is 42.5 Å². The zero-order valence-corrected chi connectivity index (χ0v) is 14.7. The lowest BCUT2D eigenvalue weighted by Crippen LogP contribution is -2.04. The molecule has 25 heavy (non-hydrogen) atoms. The van der Waals surface area contributed by atoms with Crippen LogP contribution < -0.4 is 4.74 Å². The lowest BCUT2D eigenvalue weighted by molar-refractivity contribution is -0.137. The molecule has 0 spiro atoms. The van der Waals surface area contributed by atoms with Gasteiger partial charge in [-0.1, -0.05) is 57.2 Å². The van der Waals surface area contributed by atoms with E-state index >= 15 is 0 Å². The van der Waals surface area contributed by atoms with Gasteiger partial charge in [-0.05, 0) is 25.0 Å². The third-order valence-electron chi connectivity index (χ3n) is 3.82. The number of carbonyl (C=O) groups is 2. The van der Waals surface area contributed by atoms with Gasteiger partial charge in [0, 0.05) is 6.08 Å². The first-order valence-electron chi connectivity index (χ1n) is 8.89. The van der Waals surface area contributed by atoms with E-state index in [2.05, 4.69) is 6.58 Å². The highest BCUT2D eigenvalue weighted by molar-refractivity contribution is 5.90. The molecule has 0 bridgehead atoms. The topological polar surface area (TPSA) is 72.8 Å². The third kappa shape index (κ3) is 9.55. The second-order valence-electron chi connectivity index (χ2n) is 5.85. The highest BCUT2D eigenvalue weighted by Crippen LogP contribution is 2.18. The van der Waals surface area contributed by atoms with E-state index in [-0.39, 0.29) is 11.5 Å². The molecule has 5 heteroatoms. The summed E-state index contributed by atoms with van der Waals surface area (Å²) in [6, 6.07) is 6.71. The Morgan fingerprint density at radius 1 is 0.920 bits per heavy atom. The van der Waals surface area contributed by atoms with Gasteiger partial charge in [-0.25, -0.2) is 9.59 Å². The zero-order valence-electron chi connectivity index (χ0n) is 14.7. The Morgan fingerprint density at radius 3 is 2.08 bits per heavy atom. The van der Waals surface area contributed by atoms with Gasteiger partial charge in [0.2, 0.25) is 0 Å². The molecule has 0 radical (unpaired) electrons. The molecule has 138 valence electrons. The Bertz CT molecular complexity index is 539. The van der Waals surface area contributed by atoms with E-state index in [1.807, 2.05) is 0 Å². The van der Waals surface area contributed by atoms with Crippen molar-refractivity contribution >= 4 is 11.9 Å². The molecule has 0 saturated carbocycles. The Morgan fingerprint density at radius 2 is 1.48 bits per heavy atom. The van der Waals surface area contributed by atoms with E-state index in [9.17, 15) is 9.59 Å². The van der Waals surface area contributed by atoms with E-state index in [4.69, 9.17) is 14.6 Å². The largest absolute Gasteiger partial charge is 0.493 e. The van der Waals surface area contributed by atoms with Crippen LogP contribution in [-0.2, 0) is 9.53 Å². The van der Waals surface area contributed by atoms with Crippen molar-refractivity contribution in [1.82, 2.24) is 0 Å². The van der Waals surface area contributed by atoms with E-state index in [0.29, 0.717) is 19.0 Å². The molecular weight excluding hydrogens is 320 g/mol. The number of para-hydroxylation sites is 1. The fraction of sp³-hybridized carbons (Fsp3) is 0.500. The number of rotatable bonds is 14. The van der Waals surface area contributed by atoms with Crippen molar-refractivity contribution in [2.24, 2.45) is 0 Å². The maximum absolute atomic E-state index is 11.1. The smallest absolute Gasteiger partial charge is 0.339 e. The van der Waals surface area contributed by atoms with Crippen LogP contribution in [0.5, 0.6) is 5.75 Å². The summed E-state index contributed by atoms with van der Waals surface area (Å²) < 4.78 is 10.5. The molecule has 5 nitrogen and oxygen atoms in total. The van der Waals surface area contributed by atoms with Gasteiger partial charge in [-0.15, -0.1) is 0 Å². The molecule has 0 heterocycles. The fourth-order valence-electron chi connectivity index (χ4n) is 2.45. The molecule has 0 saturated heterocycles. The van der Waals surface area contributed by atoms with Crippen LogP contribution in [0.15, 0.2) is 36.9 Å². The van der Waals surface area contributed by atoms with Crippen molar-refractivity contribution in [3.8, 4) is 5.75 Å². The maximum atomic E-state index is 11.1. The van der Waals surface area contributed by atoms with Gasteiger partial charge >= 0.3 is 11.9 Å². The molecule has 0 unspecified atom stereocenters. The fourth-order valence-corrected chi connectivity index (χ4v) is 2.45. The molecule has 0 aliphatic rings. The molecule has 0 aliphatic heterocycles. The molecule has 0 atom stereocenters. The molecule has 0 fully saturated rings. The van der Waals surface area contributed by atoms with Crippen LogP contribution in [-0.4, -0.2) is 30.3 Å². The average Bonchev–Trinajstić information content (AvgIpc) is 2.62. The van der Waals surface area contributed by atoms with Gasteiger partial charge in [-0.2, -0.15) is 0 Å². The Hall–Kier alpha value is -2.30. The van der Waals surface area contributed by atoms with Crippen LogP contribution in [0.4, 0.5) is 0 Å². The summed E-state index contributed by atoms with van der Waals surface area (Å²) in [5, 5.41) is 9.07. The van der Waals surface area contributed by atoms with Crippen molar-refractivity contribution in [2.75, 3.05) is 13.2 Å². The summed E-state index contributed by atoms with van der Waals surface area (Å²) in [5.41, 5.74) is 0.210. The first kappa shape index (κ1) is 20.7. The Labute approximate surface area is 149 Å². The Kier molecular flexibility index (Phi) is 10.8. The number of carboxylic acids is 1. The number of benzene rings is 1. The normalized spacial score (nSPS) is 10.2. The number of carboxylic acid groups (broad SMARTS) is 1.